The molecule has 0 spiro atoms. The molecule has 0 saturated carbocycles. The third-order valence-corrected chi connectivity index (χ3v) is 5.83. The molecular weight excluding hydrogens is 394 g/mol. The monoisotopic (exact) mass is 423 g/mol. The molecule has 0 fully saturated rings. The molecule has 0 saturated heterocycles. The first kappa shape index (κ1) is 22.9. The smallest absolute Gasteiger partial charge is 0.408 e. The maximum atomic E-state index is 12.7. The normalized spacial score (nSPS) is 14.3. The predicted molar refractivity (Wildman–Crippen MR) is 108 cm³/mol. The van der Waals surface area contributed by atoms with Crippen LogP contribution in [0.4, 0.5) is 4.79 Å². The lowest BCUT2D eigenvalue weighted by molar-refractivity contribution is 0.0473. The summed E-state index contributed by atoms with van der Waals surface area (Å²) < 4.78 is 36.3. The van der Waals surface area contributed by atoms with E-state index < -0.39 is 32.8 Å². The van der Waals surface area contributed by atoms with Crippen molar-refractivity contribution in [3.63, 3.8) is 0 Å². The highest BCUT2D eigenvalue weighted by molar-refractivity contribution is 7.90. The topological polar surface area (TPSA) is 111 Å². The minimum absolute atomic E-state index is 0.0357. The Balaban J connectivity index is 2.25. The number of nitrogens with one attached hydrogen (secondary N) is 1. The third-order valence-electron chi connectivity index (χ3n) is 4.45. The molecule has 1 heterocycles. The molecule has 0 aliphatic carbocycles. The fourth-order valence-corrected chi connectivity index (χ4v) is 3.86. The van der Waals surface area contributed by atoms with Crippen molar-refractivity contribution in [2.45, 2.75) is 70.6 Å². The quantitative estimate of drug-likeness (QED) is 0.717. The standard InChI is InChI=1S/C20H29N3O5S/c1-7-13(2)16(21-18(24)28-20(4,5)6)17-22-23-19(27-17)29(25,26)12-15-11-9-8-10-14(15)3/h8-11,13,16H,7,12H2,1-6H3,(H,21,24)/t13-,16-/m0/s1. The van der Waals surface area contributed by atoms with Gasteiger partial charge in [-0.1, -0.05) is 49.6 Å². The first-order valence-corrected chi connectivity index (χ1v) is 11.2. The van der Waals surface area contributed by atoms with E-state index in [0.717, 1.165) is 5.56 Å². The number of rotatable bonds is 7. The number of nitrogens with zero attached hydrogens (tertiary/aromatic N) is 2. The van der Waals surface area contributed by atoms with Gasteiger partial charge in [0, 0.05) is 0 Å². The summed E-state index contributed by atoms with van der Waals surface area (Å²) in [5, 5.41) is 9.88. The van der Waals surface area contributed by atoms with Crippen LogP contribution in [0.2, 0.25) is 0 Å². The molecule has 8 nitrogen and oxygen atoms in total. The second-order valence-corrected chi connectivity index (χ2v) is 9.97. The Kier molecular flexibility index (Phi) is 7.05. The van der Waals surface area contributed by atoms with Gasteiger partial charge in [0.1, 0.15) is 11.6 Å². The van der Waals surface area contributed by atoms with E-state index in [1.54, 1.807) is 32.9 Å². The van der Waals surface area contributed by atoms with Gasteiger partial charge in [0.15, 0.2) is 0 Å². The number of amides is 1. The van der Waals surface area contributed by atoms with Crippen LogP contribution in [0, 0.1) is 12.8 Å². The molecule has 1 amide bonds. The summed E-state index contributed by atoms with van der Waals surface area (Å²) in [7, 11) is -3.82. The molecule has 1 N–H and O–H groups in total. The Morgan fingerprint density at radius 1 is 1.24 bits per heavy atom. The van der Waals surface area contributed by atoms with Crippen LogP contribution >= 0.6 is 0 Å². The maximum Gasteiger partial charge on any atom is 0.408 e. The minimum atomic E-state index is -3.82. The van der Waals surface area contributed by atoms with Gasteiger partial charge < -0.3 is 14.5 Å². The van der Waals surface area contributed by atoms with Crippen molar-refractivity contribution in [3.8, 4) is 0 Å². The van der Waals surface area contributed by atoms with Crippen LogP contribution in [-0.4, -0.2) is 30.3 Å². The number of hydrogen-bond donors (Lipinski definition) is 1. The molecule has 0 aliphatic heterocycles. The number of benzene rings is 1. The maximum absolute atomic E-state index is 12.7. The first-order chi connectivity index (χ1) is 13.4. The largest absolute Gasteiger partial charge is 0.444 e. The summed E-state index contributed by atoms with van der Waals surface area (Å²) >= 11 is 0. The molecule has 29 heavy (non-hydrogen) atoms. The highest BCUT2D eigenvalue weighted by Crippen LogP contribution is 2.26. The molecule has 0 aliphatic rings. The van der Waals surface area contributed by atoms with Crippen molar-refractivity contribution >= 4 is 15.9 Å². The number of aromatic nitrogens is 2. The summed E-state index contributed by atoms with van der Waals surface area (Å²) in [6.45, 7) is 11.0. The number of carbonyl (C=O) groups excluding carboxylic acids is 1. The van der Waals surface area contributed by atoms with E-state index in [1.165, 1.54) is 0 Å². The van der Waals surface area contributed by atoms with E-state index >= 15 is 0 Å². The first-order valence-electron chi connectivity index (χ1n) is 9.53. The van der Waals surface area contributed by atoms with Crippen molar-refractivity contribution in [1.29, 1.82) is 0 Å². The number of hydrogen-bond acceptors (Lipinski definition) is 7. The molecule has 9 heteroatoms. The summed E-state index contributed by atoms with van der Waals surface area (Å²) in [5.74, 6) is -0.280. The number of aryl methyl sites for hydroxylation is 1. The average Bonchev–Trinajstić information content (AvgIpc) is 3.10. The van der Waals surface area contributed by atoms with Crippen LogP contribution in [0.15, 0.2) is 33.9 Å². The Labute approximate surface area is 172 Å². The van der Waals surface area contributed by atoms with Crippen molar-refractivity contribution in [2.75, 3.05) is 0 Å². The molecule has 0 bridgehead atoms. The summed E-state index contributed by atoms with van der Waals surface area (Å²) in [6, 6.07) is 6.55. The third kappa shape index (κ3) is 6.28. The van der Waals surface area contributed by atoms with Crippen LogP contribution in [0.1, 0.15) is 64.1 Å². The van der Waals surface area contributed by atoms with Crippen LogP contribution in [0.5, 0.6) is 0 Å². The van der Waals surface area contributed by atoms with Crippen molar-refractivity contribution in [3.05, 3.63) is 41.3 Å². The molecule has 160 valence electrons. The Hall–Kier alpha value is -2.42. The molecule has 2 atom stereocenters. The number of alkyl carbamates (subject to hydrolysis) is 1. The van der Waals surface area contributed by atoms with E-state index in [0.29, 0.717) is 12.0 Å². The zero-order valence-corrected chi connectivity index (χ0v) is 18.5. The fourth-order valence-electron chi connectivity index (χ4n) is 2.63. The molecule has 2 aromatic rings. The van der Waals surface area contributed by atoms with Gasteiger partial charge in [-0.25, -0.2) is 13.2 Å². The van der Waals surface area contributed by atoms with Gasteiger partial charge >= 0.3 is 11.3 Å². The second-order valence-electron chi connectivity index (χ2n) is 8.10. The van der Waals surface area contributed by atoms with Crippen LogP contribution in [0.3, 0.4) is 0 Å². The Morgan fingerprint density at radius 2 is 1.90 bits per heavy atom. The van der Waals surface area contributed by atoms with Crippen molar-refractivity contribution in [2.24, 2.45) is 5.92 Å². The zero-order chi connectivity index (χ0) is 21.8. The number of sulfone groups is 1. The minimum Gasteiger partial charge on any atom is -0.444 e. The summed E-state index contributed by atoms with van der Waals surface area (Å²) in [5.41, 5.74) is 0.860. The highest BCUT2D eigenvalue weighted by atomic mass is 32.2. The molecular formula is C20H29N3O5S. The lowest BCUT2D eigenvalue weighted by Crippen LogP contribution is -2.37. The molecule has 1 aromatic heterocycles. The number of carbonyl (C=O) groups is 1. The highest BCUT2D eigenvalue weighted by Gasteiger charge is 2.31. The average molecular weight is 424 g/mol. The predicted octanol–water partition coefficient (Wildman–Crippen LogP) is 3.96. The van der Waals surface area contributed by atoms with E-state index in [1.807, 2.05) is 32.9 Å². The SMILES string of the molecule is CC[C@H](C)[C@H](NC(=O)OC(C)(C)C)c1nnc(S(=O)(=O)Cc2ccccc2C)o1. The Morgan fingerprint density at radius 3 is 2.48 bits per heavy atom. The van der Waals surface area contributed by atoms with E-state index in [2.05, 4.69) is 15.5 Å². The molecule has 0 unspecified atom stereocenters. The van der Waals surface area contributed by atoms with Crippen LogP contribution in [-0.2, 0) is 20.3 Å². The van der Waals surface area contributed by atoms with Gasteiger partial charge in [-0.15, -0.1) is 5.10 Å². The van der Waals surface area contributed by atoms with E-state index in [-0.39, 0.29) is 17.6 Å². The fraction of sp³-hybridized carbons (Fsp3) is 0.550. The van der Waals surface area contributed by atoms with Gasteiger partial charge in [-0.3, -0.25) is 0 Å². The van der Waals surface area contributed by atoms with Gasteiger partial charge in [0.05, 0.1) is 5.75 Å². The Bertz CT molecular complexity index is 947. The van der Waals surface area contributed by atoms with Gasteiger partial charge in [0.2, 0.25) is 15.7 Å². The number of ether oxygens (including phenoxy) is 1. The lowest BCUT2D eigenvalue weighted by atomic mass is 9.99. The van der Waals surface area contributed by atoms with Crippen LogP contribution in [0.25, 0.3) is 0 Å². The molecule has 0 radical (unpaired) electrons. The molecule has 1 aromatic carbocycles. The van der Waals surface area contributed by atoms with Crippen molar-refractivity contribution < 1.29 is 22.4 Å². The van der Waals surface area contributed by atoms with Crippen molar-refractivity contribution in [1.82, 2.24) is 15.5 Å². The summed E-state index contributed by atoms with van der Waals surface area (Å²) in [4.78, 5) is 12.2. The van der Waals surface area contributed by atoms with Gasteiger partial charge in [-0.05, 0) is 44.7 Å². The molecule has 2 rings (SSSR count). The summed E-state index contributed by atoms with van der Waals surface area (Å²) in [6.07, 6.45) is 0.0686. The van der Waals surface area contributed by atoms with E-state index in [4.69, 9.17) is 9.15 Å². The lowest BCUT2D eigenvalue weighted by Gasteiger charge is -2.24. The zero-order valence-electron chi connectivity index (χ0n) is 17.7. The van der Waals surface area contributed by atoms with E-state index in [9.17, 15) is 13.2 Å². The van der Waals surface area contributed by atoms with Crippen LogP contribution < -0.4 is 5.32 Å². The van der Waals surface area contributed by atoms with Gasteiger partial charge in [-0.2, -0.15) is 0 Å². The van der Waals surface area contributed by atoms with Gasteiger partial charge in [0.25, 0.3) is 0 Å². The second kappa shape index (κ2) is 8.94.